The van der Waals surface area contributed by atoms with Crippen molar-refractivity contribution in [3.05, 3.63) is 92.1 Å². The second-order valence-corrected chi connectivity index (χ2v) is 8.18. The maximum atomic E-state index is 13.9. The number of methoxy groups -OCH3 is 1. The Balaban J connectivity index is 1.82. The molecule has 148 valence electrons. The van der Waals surface area contributed by atoms with Gasteiger partial charge >= 0.3 is 0 Å². The molecule has 4 nitrogen and oxygen atoms in total. The van der Waals surface area contributed by atoms with Crippen LogP contribution in [0.3, 0.4) is 0 Å². The van der Waals surface area contributed by atoms with Crippen LogP contribution >= 0.6 is 35.2 Å². The lowest BCUT2D eigenvalue weighted by Gasteiger charge is -2.11. The van der Waals surface area contributed by atoms with E-state index in [1.165, 1.54) is 12.1 Å². The van der Waals surface area contributed by atoms with Crippen LogP contribution in [0.5, 0.6) is 5.75 Å². The van der Waals surface area contributed by atoms with Gasteiger partial charge in [0.2, 0.25) is 0 Å². The van der Waals surface area contributed by atoms with E-state index >= 15 is 0 Å². The molecule has 0 aliphatic rings. The van der Waals surface area contributed by atoms with Crippen molar-refractivity contribution in [3.63, 3.8) is 0 Å². The zero-order valence-electron chi connectivity index (χ0n) is 15.5. The second-order valence-electron chi connectivity index (χ2n) is 6.40. The highest BCUT2D eigenvalue weighted by Crippen LogP contribution is 2.26. The minimum Gasteiger partial charge on any atom is -0.496 e. The van der Waals surface area contributed by atoms with E-state index in [1.807, 2.05) is 45.0 Å². The van der Waals surface area contributed by atoms with Crippen molar-refractivity contribution in [2.45, 2.75) is 13.0 Å². The molecule has 2 aromatic heterocycles. The molecular weight excluding hydrogens is 429 g/mol. The predicted octanol–water partition coefficient (Wildman–Crippen LogP) is 5.90. The van der Waals surface area contributed by atoms with Gasteiger partial charge in [-0.05, 0) is 54.7 Å². The quantitative estimate of drug-likeness (QED) is 0.346. The first-order valence-electron chi connectivity index (χ1n) is 8.83. The Bertz CT molecular complexity index is 1180. The number of halogens is 2. The molecule has 0 spiro atoms. The summed E-state index contributed by atoms with van der Waals surface area (Å²) in [6, 6.07) is 12.0. The second kappa shape index (κ2) is 8.49. The molecular formula is C21H17ClFN3OS2. The van der Waals surface area contributed by atoms with Crippen LogP contribution in [-0.2, 0) is 13.0 Å². The lowest BCUT2D eigenvalue weighted by atomic mass is 10.1. The molecule has 29 heavy (non-hydrogen) atoms. The summed E-state index contributed by atoms with van der Waals surface area (Å²) in [5.41, 5.74) is 2.55. The van der Waals surface area contributed by atoms with Crippen LogP contribution in [0.4, 0.5) is 4.39 Å². The van der Waals surface area contributed by atoms with Gasteiger partial charge in [-0.25, -0.2) is 9.37 Å². The van der Waals surface area contributed by atoms with Gasteiger partial charge in [-0.1, -0.05) is 11.6 Å². The molecule has 0 fully saturated rings. The van der Waals surface area contributed by atoms with Gasteiger partial charge < -0.3 is 9.30 Å². The third kappa shape index (κ3) is 4.27. The van der Waals surface area contributed by atoms with E-state index < -0.39 is 0 Å². The first kappa shape index (κ1) is 19.8. The van der Waals surface area contributed by atoms with Crippen LogP contribution in [0.2, 0.25) is 5.02 Å². The summed E-state index contributed by atoms with van der Waals surface area (Å²) in [5, 5.41) is 3.55. The topological polar surface area (TPSA) is 32.0 Å². The number of nitrogens with zero attached hydrogens (tertiary/aromatic N) is 3. The summed E-state index contributed by atoms with van der Waals surface area (Å²) in [4.78, 5) is 4.35. The van der Waals surface area contributed by atoms with Crippen molar-refractivity contribution in [1.29, 1.82) is 0 Å². The van der Waals surface area contributed by atoms with Crippen molar-refractivity contribution >= 4 is 35.2 Å². The molecule has 0 atom stereocenters. The highest BCUT2D eigenvalue weighted by molar-refractivity contribution is 7.71. The van der Waals surface area contributed by atoms with Crippen molar-refractivity contribution in [2.24, 2.45) is 0 Å². The fourth-order valence-corrected chi connectivity index (χ4v) is 4.29. The summed E-state index contributed by atoms with van der Waals surface area (Å²) in [5.74, 6) is 0.326. The minimum atomic E-state index is -0.306. The van der Waals surface area contributed by atoms with E-state index in [0.29, 0.717) is 28.5 Å². The van der Waals surface area contributed by atoms with Gasteiger partial charge in [0.05, 0.1) is 13.7 Å². The smallest absolute Gasteiger partial charge is 0.185 e. The van der Waals surface area contributed by atoms with Crippen molar-refractivity contribution in [2.75, 3.05) is 7.11 Å². The van der Waals surface area contributed by atoms with Gasteiger partial charge in [0.25, 0.3) is 0 Å². The summed E-state index contributed by atoms with van der Waals surface area (Å²) >= 11 is 13.4. The Hall–Kier alpha value is -2.48. The summed E-state index contributed by atoms with van der Waals surface area (Å²) in [6.45, 7) is 0.574. The Morgan fingerprint density at radius 3 is 2.69 bits per heavy atom. The number of aromatic nitrogens is 3. The molecule has 0 aliphatic carbocycles. The summed E-state index contributed by atoms with van der Waals surface area (Å²) in [7, 11) is 1.58. The summed E-state index contributed by atoms with van der Waals surface area (Å²) < 4.78 is 23.9. The molecule has 2 heterocycles. The molecule has 0 saturated carbocycles. The van der Waals surface area contributed by atoms with E-state index in [1.54, 1.807) is 30.7 Å². The lowest BCUT2D eigenvalue weighted by Crippen LogP contribution is -2.03. The zero-order valence-corrected chi connectivity index (χ0v) is 17.9. The average Bonchev–Trinajstić information content (AvgIpc) is 3.32. The van der Waals surface area contributed by atoms with Crippen molar-refractivity contribution in [1.82, 2.24) is 14.1 Å². The molecule has 0 amide bonds. The number of hydrogen-bond acceptors (Lipinski definition) is 4. The van der Waals surface area contributed by atoms with Crippen molar-refractivity contribution in [3.8, 4) is 11.4 Å². The van der Waals surface area contributed by atoms with E-state index in [0.717, 1.165) is 22.0 Å². The Morgan fingerprint density at radius 2 is 2.00 bits per heavy atom. The molecule has 0 unspecified atom stereocenters. The largest absolute Gasteiger partial charge is 0.496 e. The van der Waals surface area contributed by atoms with Gasteiger partial charge in [0.1, 0.15) is 16.6 Å². The number of thiazole rings is 1. The molecule has 0 aliphatic heterocycles. The lowest BCUT2D eigenvalue weighted by molar-refractivity contribution is 0.409. The monoisotopic (exact) mass is 445 g/mol. The Kier molecular flexibility index (Phi) is 5.80. The van der Waals surface area contributed by atoms with E-state index in [9.17, 15) is 4.39 Å². The van der Waals surface area contributed by atoms with Gasteiger partial charge in [-0.15, -0.1) is 11.3 Å². The maximum absolute atomic E-state index is 13.9. The highest BCUT2D eigenvalue weighted by Gasteiger charge is 2.15. The van der Waals surface area contributed by atoms with Crippen LogP contribution in [-0.4, -0.2) is 21.2 Å². The molecule has 8 heteroatoms. The third-order valence-corrected chi connectivity index (χ3v) is 5.95. The van der Waals surface area contributed by atoms with Crippen LogP contribution in [0.25, 0.3) is 5.69 Å². The van der Waals surface area contributed by atoms with Gasteiger partial charge in [-0.3, -0.25) is 4.57 Å². The number of ether oxygens (including phenoxy) is 1. The van der Waals surface area contributed by atoms with Gasteiger partial charge in [0, 0.05) is 46.2 Å². The maximum Gasteiger partial charge on any atom is 0.185 e. The Labute approximate surface area is 181 Å². The van der Waals surface area contributed by atoms with Crippen molar-refractivity contribution < 1.29 is 9.13 Å². The number of benzene rings is 2. The molecule has 4 aromatic rings. The minimum absolute atomic E-state index is 0.306. The van der Waals surface area contributed by atoms with E-state index in [-0.39, 0.29) is 5.82 Å². The average molecular weight is 446 g/mol. The van der Waals surface area contributed by atoms with Crippen LogP contribution in [0.15, 0.2) is 60.2 Å². The Morgan fingerprint density at radius 1 is 1.21 bits per heavy atom. The van der Waals surface area contributed by atoms with E-state index in [4.69, 9.17) is 28.6 Å². The molecule has 0 bridgehead atoms. The first-order valence-corrected chi connectivity index (χ1v) is 10.5. The first-order chi connectivity index (χ1) is 14.0. The fraction of sp³-hybridized carbons (Fsp3) is 0.143. The molecule has 0 radical (unpaired) electrons. The van der Waals surface area contributed by atoms with E-state index in [2.05, 4.69) is 4.98 Å². The van der Waals surface area contributed by atoms with Crippen LogP contribution < -0.4 is 4.74 Å². The molecule has 2 aromatic carbocycles. The zero-order chi connectivity index (χ0) is 20.4. The fourth-order valence-electron chi connectivity index (χ4n) is 3.21. The number of hydrogen-bond donors (Lipinski definition) is 0. The van der Waals surface area contributed by atoms with Crippen LogP contribution in [0, 0.1) is 10.6 Å². The standard InChI is InChI=1S/C21H17ClFN3OS2/c1-27-19-7-4-16(23)10-14(19)11-18-12-25(13-20-24-8-9-29-20)21(28)26(18)17-5-2-15(22)3-6-17/h2-10,12H,11,13H2,1H3. The highest BCUT2D eigenvalue weighted by atomic mass is 35.5. The van der Waals surface area contributed by atoms with Crippen LogP contribution in [0.1, 0.15) is 16.3 Å². The van der Waals surface area contributed by atoms with Gasteiger partial charge in [0.15, 0.2) is 4.77 Å². The summed E-state index contributed by atoms with van der Waals surface area (Å²) in [6.07, 6.45) is 4.22. The SMILES string of the molecule is COc1ccc(F)cc1Cc1cn(Cc2nccs2)c(=S)n1-c1ccc(Cl)cc1. The molecule has 0 saturated heterocycles. The number of imidazole rings is 1. The van der Waals surface area contributed by atoms with Gasteiger partial charge in [-0.2, -0.15) is 0 Å². The molecule has 4 rings (SSSR count). The third-order valence-electron chi connectivity index (χ3n) is 4.52. The molecule has 0 N–H and O–H groups in total. The predicted molar refractivity (Wildman–Crippen MR) is 117 cm³/mol. The number of rotatable bonds is 6. The normalized spacial score (nSPS) is 11.0.